The van der Waals surface area contributed by atoms with Crippen molar-refractivity contribution in [2.45, 2.75) is 0 Å². The Kier molecular flexibility index (Phi) is 6.92. The molecular weight excluding hydrogens is 284 g/mol. The Morgan fingerprint density at radius 2 is 1.85 bits per heavy atom. The molecule has 6 heteroatoms. The van der Waals surface area contributed by atoms with Gasteiger partial charge in [0.1, 0.15) is 0 Å². The molecule has 1 radical (unpaired) electrons. The number of benzene rings is 1. The standard InChI is InChI=1S/C6H5.CHO2.HNO2.Sb/c1-2-4-6-5-3-1;2*2-1-3;/h1-5H;2*(H,2,3);/p-1. The third kappa shape index (κ3) is 7.27. The van der Waals surface area contributed by atoms with Gasteiger partial charge in [-0.2, -0.15) is 0 Å². The van der Waals surface area contributed by atoms with E-state index in [2.05, 4.69) is 0 Å². The summed E-state index contributed by atoms with van der Waals surface area (Å²) < 4.78 is 0.357. The van der Waals surface area contributed by atoms with Gasteiger partial charge in [-0.05, 0) is 0 Å². The molecule has 1 N–H and O–H groups in total. The van der Waals surface area contributed by atoms with Crippen LogP contribution in [0.2, 0.25) is 0 Å². The fraction of sp³-hybridized carbons (Fsp3) is 0. The predicted octanol–water partition coefficient (Wildman–Crippen LogP) is 0.945. The summed E-state index contributed by atoms with van der Waals surface area (Å²) in [5.74, 6) is 0. The van der Waals surface area contributed by atoms with E-state index in [9.17, 15) is 4.79 Å². The zero-order chi connectivity index (χ0) is 10.1. The first-order valence-electron chi connectivity index (χ1n) is 3.15. The van der Waals surface area contributed by atoms with Crippen LogP contribution in [0, 0.1) is 10.1 Å². The van der Waals surface area contributed by atoms with Crippen molar-refractivity contribution in [3.05, 3.63) is 40.4 Å². The second-order valence-electron chi connectivity index (χ2n) is 1.80. The van der Waals surface area contributed by atoms with Crippen molar-refractivity contribution in [2.75, 3.05) is 0 Å². The van der Waals surface area contributed by atoms with Gasteiger partial charge in [0.15, 0.2) is 0 Å². The molecule has 0 amide bonds. The summed E-state index contributed by atoms with van der Waals surface area (Å²) >= 11 is -1.15. The van der Waals surface area contributed by atoms with Crippen molar-refractivity contribution in [3.63, 3.8) is 0 Å². The summed E-state index contributed by atoms with van der Waals surface area (Å²) in [7, 11) is 0. The van der Waals surface area contributed by atoms with Gasteiger partial charge in [-0.3, -0.25) is 0 Å². The van der Waals surface area contributed by atoms with E-state index in [1.807, 2.05) is 30.3 Å². The van der Waals surface area contributed by atoms with Crippen molar-refractivity contribution in [1.29, 1.82) is 0 Å². The normalized spacial score (nSPS) is 8.00. The van der Waals surface area contributed by atoms with Crippen LogP contribution in [0.25, 0.3) is 0 Å². The first kappa shape index (κ1) is 11.9. The number of nitrogens with zero attached hydrogens (tertiary/aromatic N) is 1. The van der Waals surface area contributed by atoms with E-state index in [1.54, 1.807) is 0 Å². The van der Waals surface area contributed by atoms with Gasteiger partial charge in [-0.15, -0.1) is 5.34 Å². The molecule has 0 spiro atoms. The van der Waals surface area contributed by atoms with Crippen molar-refractivity contribution < 1.29 is 9.90 Å². The minimum absolute atomic E-state index is 0.636. The monoisotopic (exact) mass is 289 g/mol. The zero-order valence-electron chi connectivity index (χ0n) is 6.45. The van der Waals surface area contributed by atoms with E-state index >= 15 is 0 Å². The average molecular weight is 290 g/mol. The predicted molar refractivity (Wildman–Crippen MR) is 49.0 cm³/mol. The van der Waals surface area contributed by atoms with Crippen LogP contribution in [-0.4, -0.2) is 30.6 Å². The van der Waals surface area contributed by atoms with Gasteiger partial charge in [-0.1, -0.05) is 0 Å². The Morgan fingerprint density at radius 3 is 2.23 bits per heavy atom. The summed E-state index contributed by atoms with van der Waals surface area (Å²) in [5, 5.41) is 17.4. The second kappa shape index (κ2) is 7.55. The van der Waals surface area contributed by atoms with E-state index in [4.69, 9.17) is 15.2 Å². The maximum absolute atomic E-state index is 10.2. The fourth-order valence-corrected chi connectivity index (χ4v) is 2.16. The van der Waals surface area contributed by atoms with Crippen molar-refractivity contribution >= 4 is 29.0 Å². The summed E-state index contributed by atoms with van der Waals surface area (Å²) in [6.45, 7) is 0. The van der Waals surface area contributed by atoms with Gasteiger partial charge in [0.25, 0.3) is 0 Å². The number of rotatable bonds is 2. The van der Waals surface area contributed by atoms with E-state index < -0.39 is 25.5 Å². The van der Waals surface area contributed by atoms with Gasteiger partial charge >= 0.3 is 69.3 Å². The molecule has 0 aromatic heterocycles. The second-order valence-corrected chi connectivity index (χ2v) is 5.01. The summed E-state index contributed by atoms with van der Waals surface area (Å²) in [6.07, 6.45) is 0. The first-order valence-corrected chi connectivity index (χ1v) is 5.70. The zero-order valence-corrected chi connectivity index (χ0v) is 9.01. The molecule has 1 aromatic carbocycles. The topological polar surface area (TPSA) is 89.8 Å². The maximum atomic E-state index is 10.2. The molecular formula is C7H6NO4Sb-. The number of carboxylic acid groups (broad SMARTS) is 1. The fourth-order valence-electron chi connectivity index (χ4n) is 0.613. The summed E-state index contributed by atoms with van der Waals surface area (Å²) in [6, 6.07) is 9.36. The molecule has 0 saturated carbocycles. The van der Waals surface area contributed by atoms with Gasteiger partial charge in [-0.25, -0.2) is 0 Å². The number of hydrogen-bond donors (Lipinski definition) is 1. The third-order valence-electron chi connectivity index (χ3n) is 0.981. The third-order valence-corrected chi connectivity index (χ3v) is 3.11. The Morgan fingerprint density at radius 1 is 1.38 bits per heavy atom. The molecule has 0 fully saturated rings. The Hall–Kier alpha value is -1.09. The SMILES string of the molecule is O=N[O-].O=[C](O)[Sb][c]1ccccc1. The molecule has 0 unspecified atom stereocenters. The van der Waals surface area contributed by atoms with Crippen LogP contribution in [0.5, 0.6) is 0 Å². The van der Waals surface area contributed by atoms with E-state index in [1.165, 1.54) is 0 Å². The van der Waals surface area contributed by atoms with Crippen molar-refractivity contribution in [1.82, 2.24) is 0 Å². The molecule has 0 atom stereocenters. The summed E-state index contributed by atoms with van der Waals surface area (Å²) in [4.78, 5) is 18.2. The Labute approximate surface area is 84.9 Å². The van der Waals surface area contributed by atoms with E-state index in [0.29, 0.717) is 0 Å². The molecule has 1 aromatic rings. The van der Waals surface area contributed by atoms with Crippen LogP contribution < -0.4 is 3.51 Å². The Balaban J connectivity index is 0.000000424. The average Bonchev–Trinajstić information content (AvgIpc) is 2.06. The van der Waals surface area contributed by atoms with Gasteiger partial charge in [0.05, 0.1) is 0 Å². The molecule has 0 bridgehead atoms. The molecule has 0 aliphatic heterocycles. The van der Waals surface area contributed by atoms with Crippen LogP contribution in [-0.2, 0) is 0 Å². The van der Waals surface area contributed by atoms with Crippen LogP contribution >= 0.6 is 0 Å². The molecule has 5 nitrogen and oxygen atoms in total. The van der Waals surface area contributed by atoms with Crippen LogP contribution in [0.15, 0.2) is 35.7 Å². The molecule has 13 heavy (non-hydrogen) atoms. The minimum atomic E-state index is -1.15. The number of hydrogen-bond acceptors (Lipinski definition) is 4. The van der Waals surface area contributed by atoms with Gasteiger partial charge < -0.3 is 10.1 Å². The first-order chi connectivity index (χ1) is 6.20. The molecule has 0 heterocycles. The van der Waals surface area contributed by atoms with Crippen molar-refractivity contribution in [3.8, 4) is 0 Å². The Bertz CT molecular complexity index is 264. The van der Waals surface area contributed by atoms with Crippen LogP contribution in [0.1, 0.15) is 0 Å². The van der Waals surface area contributed by atoms with E-state index in [-0.39, 0.29) is 0 Å². The van der Waals surface area contributed by atoms with E-state index in [0.717, 1.165) is 8.85 Å². The molecule has 1 rings (SSSR count). The van der Waals surface area contributed by atoms with Crippen molar-refractivity contribution in [2.24, 2.45) is 5.34 Å². The molecule has 0 aliphatic carbocycles. The molecule has 0 saturated heterocycles. The van der Waals surface area contributed by atoms with Gasteiger partial charge in [0.2, 0.25) is 0 Å². The number of carbonyl (C=O) groups is 1. The van der Waals surface area contributed by atoms with Gasteiger partial charge in [0, 0.05) is 0 Å². The summed E-state index contributed by atoms with van der Waals surface area (Å²) in [5.41, 5.74) is 0. The molecule has 69 valence electrons. The quantitative estimate of drug-likeness (QED) is 0.498. The van der Waals surface area contributed by atoms with Crippen LogP contribution in [0.4, 0.5) is 4.79 Å². The molecule has 0 aliphatic rings. The van der Waals surface area contributed by atoms with Crippen LogP contribution in [0.3, 0.4) is 0 Å².